The van der Waals surface area contributed by atoms with Crippen LogP contribution in [-0.4, -0.2) is 22.7 Å². The maximum atomic E-state index is 5.43. The molecule has 1 aromatic rings. The molecule has 0 amide bonds. The van der Waals surface area contributed by atoms with Crippen LogP contribution in [0.4, 0.5) is 0 Å². The zero-order valence-corrected chi connectivity index (χ0v) is 12.7. The SMILES string of the molecule is CCNC(Cc1nc(C(C)(C)C)no1)C1CCCC1. The summed E-state index contributed by atoms with van der Waals surface area (Å²) in [5, 5.41) is 7.71. The fourth-order valence-corrected chi connectivity index (χ4v) is 2.86. The summed E-state index contributed by atoms with van der Waals surface area (Å²) in [6.45, 7) is 9.50. The van der Waals surface area contributed by atoms with Crippen LogP contribution in [0.2, 0.25) is 0 Å². The number of nitrogens with one attached hydrogen (secondary N) is 1. The largest absolute Gasteiger partial charge is 0.339 e. The molecule has 1 aliphatic rings. The van der Waals surface area contributed by atoms with Gasteiger partial charge in [0.05, 0.1) is 0 Å². The van der Waals surface area contributed by atoms with Gasteiger partial charge in [-0.15, -0.1) is 0 Å². The van der Waals surface area contributed by atoms with Gasteiger partial charge in [-0.05, 0) is 25.3 Å². The maximum Gasteiger partial charge on any atom is 0.228 e. The van der Waals surface area contributed by atoms with Gasteiger partial charge in [0, 0.05) is 17.9 Å². The van der Waals surface area contributed by atoms with Crippen molar-refractivity contribution >= 4 is 0 Å². The monoisotopic (exact) mass is 265 g/mol. The normalized spacial score (nSPS) is 18.9. The van der Waals surface area contributed by atoms with Gasteiger partial charge in [0.1, 0.15) is 0 Å². The highest BCUT2D eigenvalue weighted by atomic mass is 16.5. The van der Waals surface area contributed by atoms with Crippen LogP contribution < -0.4 is 5.32 Å². The van der Waals surface area contributed by atoms with Crippen LogP contribution in [0.3, 0.4) is 0 Å². The molecule has 1 aromatic heterocycles. The highest BCUT2D eigenvalue weighted by Gasteiger charge is 2.27. The average molecular weight is 265 g/mol. The van der Waals surface area contributed by atoms with Crippen LogP contribution in [0.15, 0.2) is 4.52 Å². The third-order valence-electron chi connectivity index (χ3n) is 3.97. The predicted molar refractivity (Wildman–Crippen MR) is 76.1 cm³/mol. The summed E-state index contributed by atoms with van der Waals surface area (Å²) in [5.41, 5.74) is -0.0389. The molecular formula is C15H27N3O. The zero-order valence-electron chi connectivity index (χ0n) is 12.7. The highest BCUT2D eigenvalue weighted by molar-refractivity contribution is 5.01. The molecule has 2 rings (SSSR count). The number of rotatable bonds is 5. The molecule has 4 heteroatoms. The van der Waals surface area contributed by atoms with Crippen molar-refractivity contribution in [2.24, 2.45) is 5.92 Å². The molecule has 19 heavy (non-hydrogen) atoms. The van der Waals surface area contributed by atoms with Crippen LogP contribution in [0.5, 0.6) is 0 Å². The van der Waals surface area contributed by atoms with Gasteiger partial charge in [0.2, 0.25) is 5.89 Å². The van der Waals surface area contributed by atoms with E-state index in [1.807, 2.05) is 0 Å². The van der Waals surface area contributed by atoms with E-state index in [-0.39, 0.29) is 5.41 Å². The van der Waals surface area contributed by atoms with Crippen LogP contribution >= 0.6 is 0 Å². The second-order valence-corrected chi connectivity index (χ2v) is 6.67. The average Bonchev–Trinajstić information content (AvgIpc) is 2.98. The molecule has 1 N–H and O–H groups in total. The molecule has 1 atom stereocenters. The Bertz CT molecular complexity index is 388. The van der Waals surface area contributed by atoms with E-state index in [0.29, 0.717) is 6.04 Å². The highest BCUT2D eigenvalue weighted by Crippen LogP contribution is 2.29. The number of likely N-dealkylation sites (N-methyl/N-ethyl adjacent to an activating group) is 1. The van der Waals surface area contributed by atoms with Crippen molar-refractivity contribution in [3.05, 3.63) is 11.7 Å². The predicted octanol–water partition coefficient (Wildman–Crippen LogP) is 3.08. The molecule has 1 unspecified atom stereocenters. The first-order valence-corrected chi connectivity index (χ1v) is 7.57. The Morgan fingerprint density at radius 1 is 1.32 bits per heavy atom. The van der Waals surface area contributed by atoms with Gasteiger partial charge in [0.15, 0.2) is 5.82 Å². The number of nitrogens with zero attached hydrogens (tertiary/aromatic N) is 2. The van der Waals surface area contributed by atoms with Gasteiger partial charge in [-0.2, -0.15) is 4.98 Å². The van der Waals surface area contributed by atoms with E-state index in [0.717, 1.165) is 30.6 Å². The van der Waals surface area contributed by atoms with Crippen molar-refractivity contribution in [1.29, 1.82) is 0 Å². The minimum atomic E-state index is -0.0389. The molecule has 0 radical (unpaired) electrons. The molecule has 0 bridgehead atoms. The summed E-state index contributed by atoms with van der Waals surface area (Å²) < 4.78 is 5.43. The second kappa shape index (κ2) is 6.04. The quantitative estimate of drug-likeness (QED) is 0.889. The summed E-state index contributed by atoms with van der Waals surface area (Å²) >= 11 is 0. The summed E-state index contributed by atoms with van der Waals surface area (Å²) in [6, 6.07) is 0.487. The summed E-state index contributed by atoms with van der Waals surface area (Å²) in [5.74, 6) is 2.36. The number of aromatic nitrogens is 2. The summed E-state index contributed by atoms with van der Waals surface area (Å²) in [7, 11) is 0. The minimum Gasteiger partial charge on any atom is -0.339 e. The Morgan fingerprint density at radius 2 is 2.00 bits per heavy atom. The van der Waals surface area contributed by atoms with Gasteiger partial charge in [0.25, 0.3) is 0 Å². The van der Waals surface area contributed by atoms with Crippen LogP contribution in [-0.2, 0) is 11.8 Å². The van der Waals surface area contributed by atoms with Gasteiger partial charge in [-0.25, -0.2) is 0 Å². The molecule has 1 heterocycles. The van der Waals surface area contributed by atoms with Crippen molar-refractivity contribution < 1.29 is 4.52 Å². The molecule has 108 valence electrons. The summed E-state index contributed by atoms with van der Waals surface area (Å²) in [4.78, 5) is 4.56. The Balaban J connectivity index is 2.02. The number of hydrogen-bond donors (Lipinski definition) is 1. The van der Waals surface area contributed by atoms with Gasteiger partial charge in [-0.1, -0.05) is 45.7 Å². The van der Waals surface area contributed by atoms with Gasteiger partial charge in [-0.3, -0.25) is 0 Å². The van der Waals surface area contributed by atoms with E-state index < -0.39 is 0 Å². The van der Waals surface area contributed by atoms with E-state index in [4.69, 9.17) is 4.52 Å². The third kappa shape index (κ3) is 3.78. The van der Waals surface area contributed by atoms with E-state index in [1.165, 1.54) is 25.7 Å². The number of hydrogen-bond acceptors (Lipinski definition) is 4. The lowest BCUT2D eigenvalue weighted by Gasteiger charge is -2.22. The molecule has 1 fully saturated rings. The first kappa shape index (κ1) is 14.5. The fourth-order valence-electron chi connectivity index (χ4n) is 2.86. The van der Waals surface area contributed by atoms with Crippen molar-refractivity contribution in [3.8, 4) is 0 Å². The van der Waals surface area contributed by atoms with E-state index in [9.17, 15) is 0 Å². The van der Waals surface area contributed by atoms with E-state index in [1.54, 1.807) is 0 Å². The standard InChI is InChI=1S/C15H27N3O/c1-5-16-12(11-8-6-7-9-11)10-13-17-14(18-19-13)15(2,3)4/h11-12,16H,5-10H2,1-4H3. The molecule has 0 aromatic carbocycles. The van der Waals surface area contributed by atoms with Crippen molar-refractivity contribution in [2.75, 3.05) is 6.54 Å². The van der Waals surface area contributed by atoms with Gasteiger partial charge < -0.3 is 9.84 Å². The first-order valence-electron chi connectivity index (χ1n) is 7.57. The lowest BCUT2D eigenvalue weighted by Crippen LogP contribution is -2.37. The summed E-state index contributed by atoms with van der Waals surface area (Å²) in [6.07, 6.45) is 6.25. The molecular weight excluding hydrogens is 238 g/mol. The van der Waals surface area contributed by atoms with Gasteiger partial charge >= 0.3 is 0 Å². The topological polar surface area (TPSA) is 51.0 Å². The molecule has 0 saturated heterocycles. The Morgan fingerprint density at radius 3 is 2.53 bits per heavy atom. The van der Waals surface area contributed by atoms with Crippen LogP contribution in [0.1, 0.15) is 65.1 Å². The Kier molecular flexibility index (Phi) is 4.61. The third-order valence-corrected chi connectivity index (χ3v) is 3.97. The second-order valence-electron chi connectivity index (χ2n) is 6.67. The zero-order chi connectivity index (χ0) is 13.9. The van der Waals surface area contributed by atoms with Crippen molar-refractivity contribution in [2.45, 2.75) is 71.3 Å². The molecule has 1 aliphatic carbocycles. The Hall–Kier alpha value is -0.900. The van der Waals surface area contributed by atoms with Crippen molar-refractivity contribution in [3.63, 3.8) is 0 Å². The molecule has 4 nitrogen and oxygen atoms in total. The van der Waals surface area contributed by atoms with Crippen LogP contribution in [0.25, 0.3) is 0 Å². The molecule has 1 saturated carbocycles. The smallest absolute Gasteiger partial charge is 0.228 e. The fraction of sp³-hybridized carbons (Fsp3) is 0.867. The van der Waals surface area contributed by atoms with Crippen molar-refractivity contribution in [1.82, 2.24) is 15.5 Å². The van der Waals surface area contributed by atoms with E-state index in [2.05, 4.69) is 43.2 Å². The maximum absolute atomic E-state index is 5.43. The minimum absolute atomic E-state index is 0.0389. The molecule has 0 aliphatic heterocycles. The van der Waals surface area contributed by atoms with Crippen LogP contribution in [0, 0.1) is 5.92 Å². The molecule has 0 spiro atoms. The lowest BCUT2D eigenvalue weighted by atomic mass is 9.94. The lowest BCUT2D eigenvalue weighted by molar-refractivity contribution is 0.308. The first-order chi connectivity index (χ1) is 9.00. The Labute approximate surface area is 116 Å². The van der Waals surface area contributed by atoms with E-state index >= 15 is 0 Å².